The largest absolute Gasteiger partial charge is 0.276 e. The van der Waals surface area contributed by atoms with Gasteiger partial charge in [-0.3, -0.25) is 18.9 Å². The molecule has 0 fully saturated rings. The van der Waals surface area contributed by atoms with Crippen molar-refractivity contribution in [2.75, 3.05) is 0 Å². The van der Waals surface area contributed by atoms with Gasteiger partial charge < -0.3 is 0 Å². The summed E-state index contributed by atoms with van der Waals surface area (Å²) in [6.07, 6.45) is 5.16. The molecule has 210 valence electrons. The van der Waals surface area contributed by atoms with Gasteiger partial charge in [-0.1, -0.05) is 78.9 Å². The fraction of sp³-hybridized carbons (Fsp3) is 0. The molecular formula is C38H21N5OS. The number of thiophene rings is 1. The van der Waals surface area contributed by atoms with Crippen molar-refractivity contribution in [2.24, 2.45) is 0 Å². The highest BCUT2D eigenvalue weighted by molar-refractivity contribution is 7.27. The van der Waals surface area contributed by atoms with Crippen LogP contribution in [-0.2, 0) is 0 Å². The molecule has 5 aromatic heterocycles. The van der Waals surface area contributed by atoms with Crippen molar-refractivity contribution < 1.29 is 0 Å². The van der Waals surface area contributed by atoms with Crippen LogP contribution in [-0.4, -0.2) is 24.1 Å². The van der Waals surface area contributed by atoms with Crippen LogP contribution in [0.3, 0.4) is 0 Å². The van der Waals surface area contributed by atoms with E-state index in [2.05, 4.69) is 82.3 Å². The highest BCUT2D eigenvalue weighted by atomic mass is 32.1. The van der Waals surface area contributed by atoms with Crippen molar-refractivity contribution in [2.45, 2.75) is 0 Å². The predicted molar refractivity (Wildman–Crippen MR) is 185 cm³/mol. The maximum absolute atomic E-state index is 14.0. The molecule has 0 aliphatic heterocycles. The summed E-state index contributed by atoms with van der Waals surface area (Å²) in [5, 5.41) is 8.53. The minimum atomic E-state index is -0.177. The Bertz CT molecular complexity index is 2900. The predicted octanol–water partition coefficient (Wildman–Crippen LogP) is 8.95. The van der Waals surface area contributed by atoms with E-state index in [4.69, 9.17) is 9.97 Å². The van der Waals surface area contributed by atoms with Crippen LogP contribution < -0.4 is 5.56 Å². The number of para-hydroxylation sites is 2. The molecule has 45 heavy (non-hydrogen) atoms. The molecule has 0 aliphatic carbocycles. The fourth-order valence-corrected chi connectivity index (χ4v) is 8.26. The zero-order valence-corrected chi connectivity index (χ0v) is 24.5. The average Bonchev–Trinajstić information content (AvgIpc) is 3.66. The molecule has 5 heterocycles. The number of aromatic nitrogens is 5. The van der Waals surface area contributed by atoms with Crippen LogP contribution in [0.2, 0.25) is 0 Å². The molecule has 10 rings (SSSR count). The van der Waals surface area contributed by atoms with E-state index in [1.807, 2.05) is 36.4 Å². The van der Waals surface area contributed by atoms with Crippen molar-refractivity contribution in [3.63, 3.8) is 0 Å². The summed E-state index contributed by atoms with van der Waals surface area (Å²) in [6.45, 7) is 0. The number of pyridine rings is 2. The first-order valence-electron chi connectivity index (χ1n) is 14.7. The normalized spacial score (nSPS) is 12.1. The molecule has 0 saturated carbocycles. The quantitative estimate of drug-likeness (QED) is 0.187. The Hall–Kier alpha value is -5.92. The van der Waals surface area contributed by atoms with E-state index < -0.39 is 0 Å². The lowest BCUT2D eigenvalue weighted by Gasteiger charge is -2.13. The molecule has 0 N–H and O–H groups in total. The first kappa shape index (κ1) is 24.5. The first-order valence-corrected chi connectivity index (χ1v) is 15.6. The lowest BCUT2D eigenvalue weighted by atomic mass is 9.99. The number of hydrogen-bond donors (Lipinski definition) is 0. The molecule has 5 aromatic carbocycles. The van der Waals surface area contributed by atoms with Gasteiger partial charge in [0, 0.05) is 49.7 Å². The highest BCUT2D eigenvalue weighted by Crippen LogP contribution is 2.47. The minimum Gasteiger partial charge on any atom is -0.276 e. The van der Waals surface area contributed by atoms with E-state index in [0.717, 1.165) is 27.5 Å². The third-order valence-corrected chi connectivity index (χ3v) is 10.0. The van der Waals surface area contributed by atoms with Crippen LogP contribution in [0.25, 0.3) is 86.2 Å². The summed E-state index contributed by atoms with van der Waals surface area (Å²) < 4.78 is 6.31. The summed E-state index contributed by atoms with van der Waals surface area (Å²) >= 11 is 1.80. The van der Waals surface area contributed by atoms with Crippen LogP contribution in [0.5, 0.6) is 0 Å². The fourth-order valence-electron chi connectivity index (χ4n) is 7.00. The number of fused-ring (bicyclic) bond motifs is 13. The van der Waals surface area contributed by atoms with Gasteiger partial charge in [-0.25, -0.2) is 9.97 Å². The standard InChI is InChI=1S/C38H21N5OS/c44-37-28-20-40-38(41-34(28)26-18-19-39-21-30(26)42(37)22-10-2-1-3-11-22)43-29-16-8-6-14-25(29)32-23-12-4-5-13-24(23)33-27-15-7-9-17-31(27)45-36(33)35(32)43/h1-21H. The van der Waals surface area contributed by atoms with E-state index >= 15 is 0 Å². The Kier molecular flexibility index (Phi) is 4.93. The number of nitrogens with zero attached hydrogens (tertiary/aromatic N) is 5. The molecule has 0 unspecified atom stereocenters. The third kappa shape index (κ3) is 3.27. The summed E-state index contributed by atoms with van der Waals surface area (Å²) in [5.74, 6) is 0.526. The summed E-state index contributed by atoms with van der Waals surface area (Å²) in [7, 11) is 0. The Morgan fingerprint density at radius 2 is 1.29 bits per heavy atom. The van der Waals surface area contributed by atoms with Gasteiger partial charge in [0.1, 0.15) is 0 Å². The first-order chi connectivity index (χ1) is 22.3. The molecule has 0 bridgehead atoms. The van der Waals surface area contributed by atoms with E-state index in [-0.39, 0.29) is 5.56 Å². The second kappa shape index (κ2) is 9.05. The zero-order chi connectivity index (χ0) is 29.6. The van der Waals surface area contributed by atoms with Gasteiger partial charge in [-0.15, -0.1) is 11.3 Å². The van der Waals surface area contributed by atoms with Crippen LogP contribution in [0.4, 0.5) is 0 Å². The Morgan fingerprint density at radius 3 is 2.13 bits per heavy atom. The van der Waals surface area contributed by atoms with E-state index in [0.29, 0.717) is 22.4 Å². The van der Waals surface area contributed by atoms with E-state index in [1.54, 1.807) is 34.5 Å². The summed E-state index contributed by atoms with van der Waals surface area (Å²) in [6, 6.07) is 37.3. The molecule has 0 amide bonds. The maximum atomic E-state index is 14.0. The second-order valence-corrected chi connectivity index (χ2v) is 12.3. The number of rotatable bonds is 2. The molecule has 0 radical (unpaired) electrons. The average molecular weight is 596 g/mol. The Morgan fingerprint density at radius 1 is 0.578 bits per heavy atom. The van der Waals surface area contributed by atoms with Crippen LogP contribution >= 0.6 is 11.3 Å². The monoisotopic (exact) mass is 595 g/mol. The molecule has 0 aliphatic rings. The second-order valence-electron chi connectivity index (χ2n) is 11.2. The Balaban J connectivity index is 1.39. The highest BCUT2D eigenvalue weighted by Gasteiger charge is 2.23. The van der Waals surface area contributed by atoms with E-state index in [9.17, 15) is 4.79 Å². The van der Waals surface area contributed by atoms with Gasteiger partial charge in [0.25, 0.3) is 5.56 Å². The molecule has 0 atom stereocenters. The van der Waals surface area contributed by atoms with Crippen LogP contribution in [0, 0.1) is 0 Å². The van der Waals surface area contributed by atoms with Crippen molar-refractivity contribution in [1.82, 2.24) is 24.1 Å². The van der Waals surface area contributed by atoms with Gasteiger partial charge >= 0.3 is 0 Å². The lowest BCUT2D eigenvalue weighted by Crippen LogP contribution is -2.20. The van der Waals surface area contributed by atoms with Gasteiger partial charge in [-0.05, 0) is 41.1 Å². The lowest BCUT2D eigenvalue weighted by molar-refractivity contribution is 1.00. The maximum Gasteiger partial charge on any atom is 0.266 e. The summed E-state index contributed by atoms with van der Waals surface area (Å²) in [5.41, 5.74) is 4.00. The topological polar surface area (TPSA) is 65.6 Å². The van der Waals surface area contributed by atoms with Gasteiger partial charge in [0.05, 0.1) is 38.3 Å². The van der Waals surface area contributed by atoms with Crippen LogP contribution in [0.15, 0.2) is 133 Å². The summed E-state index contributed by atoms with van der Waals surface area (Å²) in [4.78, 5) is 28.5. The van der Waals surface area contributed by atoms with Crippen molar-refractivity contribution >= 4 is 85.9 Å². The van der Waals surface area contributed by atoms with Crippen molar-refractivity contribution in [1.29, 1.82) is 0 Å². The Labute approximate surface area is 259 Å². The SMILES string of the molecule is O=c1c2cnc(-n3c4ccccc4c4c5ccccc5c5c6ccccc6sc5c43)nc2c2ccncc2n1-c1ccccc1. The van der Waals surface area contributed by atoms with Crippen LogP contribution in [0.1, 0.15) is 0 Å². The van der Waals surface area contributed by atoms with Gasteiger partial charge in [0.2, 0.25) is 5.95 Å². The number of benzene rings is 5. The zero-order valence-electron chi connectivity index (χ0n) is 23.7. The van der Waals surface area contributed by atoms with Gasteiger partial charge in [-0.2, -0.15) is 0 Å². The molecule has 10 aromatic rings. The smallest absolute Gasteiger partial charge is 0.266 e. The van der Waals surface area contributed by atoms with Crippen molar-refractivity contribution in [3.05, 3.63) is 138 Å². The molecule has 0 saturated heterocycles. The molecular weight excluding hydrogens is 575 g/mol. The molecule has 0 spiro atoms. The number of hydrogen-bond acceptors (Lipinski definition) is 5. The van der Waals surface area contributed by atoms with Crippen molar-refractivity contribution in [3.8, 4) is 11.6 Å². The van der Waals surface area contributed by atoms with Gasteiger partial charge in [0.15, 0.2) is 0 Å². The molecule has 6 nitrogen and oxygen atoms in total. The van der Waals surface area contributed by atoms with E-state index in [1.165, 1.54) is 36.3 Å². The molecule has 7 heteroatoms. The minimum absolute atomic E-state index is 0.177. The third-order valence-electron chi connectivity index (χ3n) is 8.87.